The quantitative estimate of drug-likeness (QED) is 0.498. The van der Waals surface area contributed by atoms with Crippen LogP contribution in [0.15, 0.2) is 65.4 Å². The number of carbonyl (C=O) groups excluding carboxylic acids is 2. The van der Waals surface area contributed by atoms with Crippen LogP contribution < -0.4 is 10.3 Å². The lowest BCUT2D eigenvalue weighted by molar-refractivity contribution is -0.141. The summed E-state index contributed by atoms with van der Waals surface area (Å²) in [6, 6.07) is 13.5. The van der Waals surface area contributed by atoms with Crippen molar-refractivity contribution >= 4 is 34.9 Å². The standard InChI is InChI=1S/C23H23N3O5/c1-3-15-7-5-6-8-19(15)24-14-18-20(13-21(27)31-4-2)25-26(22(18)28)17-11-9-16(10-12-17)23(29)30/h5-12,14,24H,3-4,13H2,1-2H3,(H,29,30). The number of nitrogens with zero attached hydrogens (tertiary/aromatic N) is 2. The molecule has 0 fully saturated rings. The van der Waals surface area contributed by atoms with Crippen LogP contribution in [0.1, 0.15) is 36.2 Å². The maximum Gasteiger partial charge on any atom is 0.335 e. The predicted octanol–water partition coefficient (Wildman–Crippen LogP) is 3.60. The first-order chi connectivity index (χ1) is 14.9. The van der Waals surface area contributed by atoms with E-state index >= 15 is 0 Å². The van der Waals surface area contributed by atoms with Gasteiger partial charge in [0.2, 0.25) is 0 Å². The van der Waals surface area contributed by atoms with E-state index in [1.165, 1.54) is 24.3 Å². The molecular weight excluding hydrogens is 398 g/mol. The summed E-state index contributed by atoms with van der Waals surface area (Å²) in [5, 5.41) is 17.7. The summed E-state index contributed by atoms with van der Waals surface area (Å²) >= 11 is 0. The Morgan fingerprint density at radius 1 is 1.13 bits per heavy atom. The first kappa shape index (κ1) is 21.8. The molecule has 0 spiro atoms. The van der Waals surface area contributed by atoms with Crippen molar-refractivity contribution in [2.24, 2.45) is 5.10 Å². The third kappa shape index (κ3) is 4.98. The third-order valence-corrected chi connectivity index (χ3v) is 4.70. The van der Waals surface area contributed by atoms with Gasteiger partial charge in [-0.2, -0.15) is 10.1 Å². The number of benzene rings is 2. The Bertz CT molecular complexity index is 1060. The number of amides is 1. The number of ether oxygens (including phenoxy) is 1. The number of rotatable bonds is 8. The number of esters is 1. The SMILES string of the molecule is CCOC(=O)CC1=NN(c2ccc(C(=O)O)cc2)C(=O)C1=CNc1ccccc1CC. The average molecular weight is 421 g/mol. The fraction of sp³-hybridized carbons (Fsp3) is 0.217. The molecule has 0 unspecified atom stereocenters. The van der Waals surface area contributed by atoms with E-state index < -0.39 is 17.8 Å². The number of hydrazone groups is 1. The van der Waals surface area contributed by atoms with Gasteiger partial charge in [-0.3, -0.25) is 9.59 Å². The van der Waals surface area contributed by atoms with Gasteiger partial charge in [-0.1, -0.05) is 25.1 Å². The molecule has 2 aromatic carbocycles. The van der Waals surface area contributed by atoms with Gasteiger partial charge in [0.15, 0.2) is 0 Å². The highest BCUT2D eigenvalue weighted by atomic mass is 16.5. The minimum Gasteiger partial charge on any atom is -0.478 e. The van der Waals surface area contributed by atoms with Gasteiger partial charge in [0.05, 0.1) is 35.6 Å². The smallest absolute Gasteiger partial charge is 0.335 e. The number of aryl methyl sites for hydroxylation is 1. The third-order valence-electron chi connectivity index (χ3n) is 4.70. The van der Waals surface area contributed by atoms with Crippen molar-refractivity contribution in [3.63, 3.8) is 0 Å². The molecule has 0 radical (unpaired) electrons. The van der Waals surface area contributed by atoms with Gasteiger partial charge < -0.3 is 15.2 Å². The largest absolute Gasteiger partial charge is 0.478 e. The molecule has 3 rings (SSSR count). The Balaban J connectivity index is 1.92. The van der Waals surface area contributed by atoms with E-state index in [0.29, 0.717) is 5.69 Å². The van der Waals surface area contributed by atoms with E-state index in [-0.39, 0.29) is 29.9 Å². The number of nitrogens with one attached hydrogen (secondary N) is 1. The van der Waals surface area contributed by atoms with Crippen LogP contribution in [0.3, 0.4) is 0 Å². The van der Waals surface area contributed by atoms with E-state index in [9.17, 15) is 14.4 Å². The van der Waals surface area contributed by atoms with E-state index in [1.807, 2.05) is 31.2 Å². The number of hydrogen-bond acceptors (Lipinski definition) is 6. The molecule has 0 saturated carbocycles. The average Bonchev–Trinajstić information content (AvgIpc) is 3.07. The lowest BCUT2D eigenvalue weighted by Crippen LogP contribution is -2.22. The van der Waals surface area contributed by atoms with Gasteiger partial charge in [-0.25, -0.2) is 4.79 Å². The molecule has 0 atom stereocenters. The van der Waals surface area contributed by atoms with Crippen LogP contribution in [0, 0.1) is 0 Å². The number of carboxylic acids is 1. The van der Waals surface area contributed by atoms with Crippen molar-refractivity contribution in [2.45, 2.75) is 26.7 Å². The molecule has 2 aromatic rings. The summed E-state index contributed by atoms with van der Waals surface area (Å²) in [6.07, 6.45) is 2.19. The highest BCUT2D eigenvalue weighted by Gasteiger charge is 2.32. The maximum absolute atomic E-state index is 13.1. The molecule has 1 aliphatic rings. The predicted molar refractivity (Wildman–Crippen MR) is 117 cm³/mol. The molecule has 0 bridgehead atoms. The van der Waals surface area contributed by atoms with Crippen molar-refractivity contribution in [1.29, 1.82) is 0 Å². The summed E-state index contributed by atoms with van der Waals surface area (Å²) in [6.45, 7) is 3.96. The molecule has 1 heterocycles. The number of anilines is 2. The Kier molecular flexibility index (Phi) is 6.81. The summed E-state index contributed by atoms with van der Waals surface area (Å²) < 4.78 is 5.01. The van der Waals surface area contributed by atoms with Crippen molar-refractivity contribution in [2.75, 3.05) is 16.9 Å². The van der Waals surface area contributed by atoms with Gasteiger partial charge in [-0.15, -0.1) is 0 Å². The number of hydrogen-bond donors (Lipinski definition) is 2. The van der Waals surface area contributed by atoms with Crippen LogP contribution >= 0.6 is 0 Å². The molecule has 1 aliphatic heterocycles. The highest BCUT2D eigenvalue weighted by molar-refractivity contribution is 6.32. The van der Waals surface area contributed by atoms with Crippen LogP contribution in [0.4, 0.5) is 11.4 Å². The molecule has 31 heavy (non-hydrogen) atoms. The highest BCUT2D eigenvalue weighted by Crippen LogP contribution is 2.26. The van der Waals surface area contributed by atoms with Crippen molar-refractivity contribution in [1.82, 2.24) is 0 Å². The molecule has 0 saturated heterocycles. The zero-order valence-corrected chi connectivity index (χ0v) is 17.3. The van der Waals surface area contributed by atoms with Crippen LogP contribution in [0.2, 0.25) is 0 Å². The molecule has 1 amide bonds. The fourth-order valence-electron chi connectivity index (χ4n) is 3.12. The van der Waals surface area contributed by atoms with Crippen LogP contribution in [0.25, 0.3) is 0 Å². The Morgan fingerprint density at radius 3 is 2.48 bits per heavy atom. The van der Waals surface area contributed by atoms with Crippen molar-refractivity contribution < 1.29 is 24.2 Å². The second-order valence-electron chi connectivity index (χ2n) is 6.71. The van der Waals surface area contributed by atoms with Gasteiger partial charge in [-0.05, 0) is 49.2 Å². The second-order valence-corrected chi connectivity index (χ2v) is 6.71. The van der Waals surface area contributed by atoms with E-state index in [0.717, 1.165) is 22.7 Å². The molecular formula is C23H23N3O5. The molecule has 0 aliphatic carbocycles. The minimum atomic E-state index is -1.06. The number of carboxylic acid groups (broad SMARTS) is 1. The Labute approximate surface area is 179 Å². The molecule has 8 heteroatoms. The summed E-state index contributed by atoms with van der Waals surface area (Å²) in [5.41, 5.74) is 2.93. The van der Waals surface area contributed by atoms with Crippen molar-refractivity contribution in [3.8, 4) is 0 Å². The Morgan fingerprint density at radius 2 is 1.84 bits per heavy atom. The van der Waals surface area contributed by atoms with Crippen molar-refractivity contribution in [3.05, 3.63) is 71.4 Å². The van der Waals surface area contributed by atoms with Gasteiger partial charge in [0.1, 0.15) is 0 Å². The second kappa shape index (κ2) is 9.71. The first-order valence-electron chi connectivity index (χ1n) is 9.90. The topological polar surface area (TPSA) is 108 Å². The zero-order chi connectivity index (χ0) is 22.4. The monoisotopic (exact) mass is 421 g/mol. The normalized spacial score (nSPS) is 14.5. The number of aromatic carboxylic acids is 1. The van der Waals surface area contributed by atoms with Crippen LogP contribution in [-0.4, -0.2) is 35.3 Å². The molecule has 0 aromatic heterocycles. The Hall–Kier alpha value is -3.94. The van der Waals surface area contributed by atoms with Crippen LogP contribution in [-0.2, 0) is 20.7 Å². The maximum atomic E-state index is 13.1. The number of carbonyl (C=O) groups is 3. The minimum absolute atomic E-state index is 0.0970. The molecule has 2 N–H and O–H groups in total. The first-order valence-corrected chi connectivity index (χ1v) is 9.90. The summed E-state index contributed by atoms with van der Waals surface area (Å²) in [4.78, 5) is 36.2. The van der Waals surface area contributed by atoms with Crippen LogP contribution in [0.5, 0.6) is 0 Å². The van der Waals surface area contributed by atoms with E-state index in [4.69, 9.17) is 9.84 Å². The lowest BCUT2D eigenvalue weighted by Gasteiger charge is -2.12. The van der Waals surface area contributed by atoms with Gasteiger partial charge in [0.25, 0.3) is 5.91 Å². The van der Waals surface area contributed by atoms with Gasteiger partial charge in [0, 0.05) is 11.9 Å². The van der Waals surface area contributed by atoms with E-state index in [2.05, 4.69) is 10.4 Å². The van der Waals surface area contributed by atoms with E-state index in [1.54, 1.807) is 13.1 Å². The molecule has 160 valence electrons. The zero-order valence-electron chi connectivity index (χ0n) is 17.3. The summed E-state index contributed by atoms with van der Waals surface area (Å²) in [5.74, 6) is -1.98. The summed E-state index contributed by atoms with van der Waals surface area (Å²) in [7, 11) is 0. The number of para-hydroxylation sites is 1. The fourth-order valence-corrected chi connectivity index (χ4v) is 3.12. The van der Waals surface area contributed by atoms with Gasteiger partial charge >= 0.3 is 11.9 Å². The molecule has 8 nitrogen and oxygen atoms in total. The lowest BCUT2D eigenvalue weighted by atomic mass is 10.1.